The molecular formula is C23H26F3NO2. The number of allylic oxidation sites excluding steroid dienone is 1. The van der Waals surface area contributed by atoms with E-state index >= 15 is 0 Å². The second-order valence-corrected chi connectivity index (χ2v) is 7.62. The normalized spacial score (nSPS) is 13.3. The Morgan fingerprint density at radius 1 is 1.17 bits per heavy atom. The molecule has 0 amide bonds. The van der Waals surface area contributed by atoms with Crippen LogP contribution in [0.15, 0.2) is 54.6 Å². The van der Waals surface area contributed by atoms with Gasteiger partial charge in [0, 0.05) is 17.9 Å². The molecule has 0 bridgehead atoms. The number of carboxylic acids is 1. The highest BCUT2D eigenvalue weighted by atomic mass is 19.4. The van der Waals surface area contributed by atoms with E-state index in [0.717, 1.165) is 25.0 Å². The summed E-state index contributed by atoms with van der Waals surface area (Å²) >= 11 is 0. The zero-order valence-corrected chi connectivity index (χ0v) is 16.9. The Balaban J connectivity index is 0.000000687. The Morgan fingerprint density at radius 3 is 2.28 bits per heavy atom. The van der Waals surface area contributed by atoms with Crippen molar-refractivity contribution < 1.29 is 23.1 Å². The molecule has 3 rings (SSSR count). The molecule has 6 heteroatoms. The second kappa shape index (κ2) is 9.16. The SMILES string of the molecule is C=C(C)C.Cc1cc(C(F)(F)F)ccc1N(CC1CC1)c1cccc(C(=O)O)c1. The van der Waals surface area contributed by atoms with Gasteiger partial charge in [-0.05, 0) is 81.5 Å². The zero-order valence-electron chi connectivity index (χ0n) is 16.9. The molecule has 0 heterocycles. The number of halogens is 3. The molecule has 0 aromatic heterocycles. The molecule has 2 aromatic rings. The van der Waals surface area contributed by atoms with Crippen molar-refractivity contribution >= 4 is 17.3 Å². The Hall–Kier alpha value is -2.76. The lowest BCUT2D eigenvalue weighted by Gasteiger charge is -2.27. The highest BCUT2D eigenvalue weighted by molar-refractivity contribution is 5.89. The highest BCUT2D eigenvalue weighted by Gasteiger charge is 2.32. The summed E-state index contributed by atoms with van der Waals surface area (Å²) in [5.74, 6) is -0.549. The van der Waals surface area contributed by atoms with Gasteiger partial charge < -0.3 is 10.0 Å². The first-order valence-corrected chi connectivity index (χ1v) is 9.40. The number of aryl methyl sites for hydroxylation is 1. The summed E-state index contributed by atoms with van der Waals surface area (Å²) in [6.07, 6.45) is -2.22. The maximum absolute atomic E-state index is 12.9. The van der Waals surface area contributed by atoms with Gasteiger partial charge in [0.05, 0.1) is 11.1 Å². The largest absolute Gasteiger partial charge is 0.478 e. The van der Waals surface area contributed by atoms with Crippen molar-refractivity contribution in [3.63, 3.8) is 0 Å². The van der Waals surface area contributed by atoms with Crippen molar-refractivity contribution in [1.82, 2.24) is 0 Å². The van der Waals surface area contributed by atoms with Crippen LogP contribution in [-0.4, -0.2) is 17.6 Å². The summed E-state index contributed by atoms with van der Waals surface area (Å²) < 4.78 is 38.7. The molecule has 2 aromatic carbocycles. The van der Waals surface area contributed by atoms with Gasteiger partial charge in [0.1, 0.15) is 0 Å². The van der Waals surface area contributed by atoms with E-state index in [-0.39, 0.29) is 5.56 Å². The van der Waals surface area contributed by atoms with Crippen LogP contribution < -0.4 is 4.90 Å². The summed E-state index contributed by atoms with van der Waals surface area (Å²) in [6.45, 7) is 9.81. The number of benzene rings is 2. The van der Waals surface area contributed by atoms with Crippen LogP contribution >= 0.6 is 0 Å². The first-order valence-electron chi connectivity index (χ1n) is 9.40. The summed E-state index contributed by atoms with van der Waals surface area (Å²) in [7, 11) is 0. The number of aromatic carboxylic acids is 1. The number of rotatable bonds is 5. The molecule has 0 radical (unpaired) electrons. The predicted octanol–water partition coefficient (Wildman–Crippen LogP) is 6.84. The molecule has 1 aliphatic rings. The maximum atomic E-state index is 12.9. The van der Waals surface area contributed by atoms with Crippen LogP contribution in [0, 0.1) is 12.8 Å². The van der Waals surface area contributed by atoms with Gasteiger partial charge in [-0.25, -0.2) is 4.79 Å². The number of anilines is 2. The molecule has 0 saturated heterocycles. The third-order valence-corrected chi connectivity index (χ3v) is 4.36. The zero-order chi connectivity index (χ0) is 21.8. The second-order valence-electron chi connectivity index (χ2n) is 7.62. The lowest BCUT2D eigenvalue weighted by atomic mass is 10.1. The van der Waals surface area contributed by atoms with E-state index in [0.29, 0.717) is 29.4 Å². The predicted molar refractivity (Wildman–Crippen MR) is 110 cm³/mol. The Labute approximate surface area is 169 Å². The summed E-state index contributed by atoms with van der Waals surface area (Å²) in [6, 6.07) is 10.2. The van der Waals surface area contributed by atoms with E-state index in [1.165, 1.54) is 17.7 Å². The van der Waals surface area contributed by atoms with Gasteiger partial charge in [0.25, 0.3) is 0 Å². The average molecular weight is 405 g/mol. The third kappa shape index (κ3) is 6.66. The minimum Gasteiger partial charge on any atom is -0.478 e. The number of carbonyl (C=O) groups is 1. The third-order valence-electron chi connectivity index (χ3n) is 4.36. The van der Waals surface area contributed by atoms with Crippen molar-refractivity contribution in [3.8, 4) is 0 Å². The number of alkyl halides is 3. The molecule has 3 nitrogen and oxygen atoms in total. The molecule has 1 N–H and O–H groups in total. The van der Waals surface area contributed by atoms with E-state index in [1.54, 1.807) is 25.1 Å². The van der Waals surface area contributed by atoms with E-state index in [9.17, 15) is 23.1 Å². The minimum atomic E-state index is -4.38. The molecule has 29 heavy (non-hydrogen) atoms. The highest BCUT2D eigenvalue weighted by Crippen LogP contribution is 2.38. The number of hydrogen-bond donors (Lipinski definition) is 1. The summed E-state index contributed by atoms with van der Waals surface area (Å²) in [4.78, 5) is 13.1. The Kier molecular flexibility index (Phi) is 7.11. The van der Waals surface area contributed by atoms with Gasteiger partial charge >= 0.3 is 12.1 Å². The summed E-state index contributed by atoms with van der Waals surface area (Å²) in [5, 5.41) is 9.19. The van der Waals surface area contributed by atoms with Crippen LogP contribution in [-0.2, 0) is 6.18 Å². The van der Waals surface area contributed by atoms with Crippen LogP contribution in [0.2, 0.25) is 0 Å². The molecule has 1 fully saturated rings. The van der Waals surface area contributed by atoms with E-state index < -0.39 is 17.7 Å². The van der Waals surface area contributed by atoms with E-state index in [4.69, 9.17) is 0 Å². The van der Waals surface area contributed by atoms with Crippen LogP contribution in [0.4, 0.5) is 24.5 Å². The maximum Gasteiger partial charge on any atom is 0.416 e. The number of carboxylic acid groups (broad SMARTS) is 1. The Bertz CT molecular complexity index is 882. The van der Waals surface area contributed by atoms with Gasteiger partial charge in [-0.3, -0.25) is 0 Å². The molecule has 0 unspecified atom stereocenters. The number of hydrogen-bond acceptors (Lipinski definition) is 2. The fraction of sp³-hybridized carbons (Fsp3) is 0.348. The van der Waals surface area contributed by atoms with Crippen LogP contribution in [0.5, 0.6) is 0 Å². The molecular weight excluding hydrogens is 379 g/mol. The van der Waals surface area contributed by atoms with Gasteiger partial charge in [-0.2, -0.15) is 13.2 Å². The van der Waals surface area contributed by atoms with Gasteiger partial charge in [0.15, 0.2) is 0 Å². The van der Waals surface area contributed by atoms with E-state index in [1.807, 2.05) is 18.7 Å². The van der Waals surface area contributed by atoms with Gasteiger partial charge in [-0.15, -0.1) is 6.58 Å². The average Bonchev–Trinajstić information content (AvgIpc) is 3.43. The standard InChI is InChI=1S/C19H18F3NO2.C4H8/c1-12-9-15(19(20,21)22)7-8-17(12)23(11-13-5-6-13)16-4-2-3-14(10-16)18(24)25;1-4(2)3/h2-4,7-10,13H,5-6,11H2,1H3,(H,24,25);1H2,2-3H3. The molecule has 0 spiro atoms. The van der Waals surface area contributed by atoms with Crippen molar-refractivity contribution in [2.24, 2.45) is 5.92 Å². The fourth-order valence-electron chi connectivity index (χ4n) is 2.84. The van der Waals surface area contributed by atoms with Gasteiger partial charge in [0.2, 0.25) is 0 Å². The summed E-state index contributed by atoms with van der Waals surface area (Å²) in [5.41, 5.74) is 2.50. The van der Waals surface area contributed by atoms with Crippen LogP contribution in [0.1, 0.15) is 48.2 Å². The topological polar surface area (TPSA) is 40.5 Å². The molecule has 1 saturated carbocycles. The van der Waals surface area contributed by atoms with Crippen molar-refractivity contribution in [3.05, 3.63) is 71.3 Å². The van der Waals surface area contributed by atoms with Crippen molar-refractivity contribution in [2.45, 2.75) is 39.8 Å². The Morgan fingerprint density at radius 2 is 1.79 bits per heavy atom. The fourth-order valence-corrected chi connectivity index (χ4v) is 2.84. The lowest BCUT2D eigenvalue weighted by Crippen LogP contribution is -2.21. The molecule has 0 atom stereocenters. The minimum absolute atomic E-state index is 0.155. The lowest BCUT2D eigenvalue weighted by molar-refractivity contribution is -0.137. The van der Waals surface area contributed by atoms with Crippen LogP contribution in [0.25, 0.3) is 0 Å². The first kappa shape index (κ1) is 22.5. The first-order chi connectivity index (χ1) is 13.5. The molecule has 156 valence electrons. The van der Waals surface area contributed by atoms with E-state index in [2.05, 4.69) is 6.58 Å². The van der Waals surface area contributed by atoms with Crippen molar-refractivity contribution in [1.29, 1.82) is 0 Å². The van der Waals surface area contributed by atoms with Crippen molar-refractivity contribution in [2.75, 3.05) is 11.4 Å². The quantitative estimate of drug-likeness (QED) is 0.554. The number of nitrogens with zero attached hydrogens (tertiary/aromatic N) is 1. The van der Waals surface area contributed by atoms with Gasteiger partial charge in [-0.1, -0.05) is 11.6 Å². The monoisotopic (exact) mass is 405 g/mol. The molecule has 0 aliphatic heterocycles. The smallest absolute Gasteiger partial charge is 0.416 e. The molecule has 1 aliphatic carbocycles. The van der Waals surface area contributed by atoms with Crippen LogP contribution in [0.3, 0.4) is 0 Å².